The fraction of sp³-hybridized carbons (Fsp3) is 0.280. The summed E-state index contributed by atoms with van der Waals surface area (Å²) in [6, 6.07) is 14.4. The fourth-order valence-electron chi connectivity index (χ4n) is 4.53. The van der Waals surface area contributed by atoms with E-state index < -0.39 is 11.9 Å². The molecule has 2 N–H and O–H groups in total. The summed E-state index contributed by atoms with van der Waals surface area (Å²) in [6.45, 7) is 1.82. The van der Waals surface area contributed by atoms with Crippen LogP contribution in [-0.2, 0) is 14.3 Å². The molecule has 2 aromatic rings. The Kier molecular flexibility index (Phi) is 5.55. The lowest BCUT2D eigenvalue weighted by atomic mass is 9.71. The number of hydrogen-bond donors (Lipinski definition) is 2. The first-order chi connectivity index (χ1) is 14.9. The molecular formula is C25H25NO5. The summed E-state index contributed by atoms with van der Waals surface area (Å²) in [5, 5.41) is 13.0. The van der Waals surface area contributed by atoms with Gasteiger partial charge < -0.3 is 19.9 Å². The molecule has 0 unspecified atom stereocenters. The Morgan fingerprint density at radius 2 is 1.65 bits per heavy atom. The van der Waals surface area contributed by atoms with Crippen LogP contribution in [0.5, 0.6) is 11.5 Å². The third-order valence-electron chi connectivity index (χ3n) is 6.05. The monoisotopic (exact) mass is 419 g/mol. The molecule has 2 atom stereocenters. The van der Waals surface area contributed by atoms with Crippen molar-refractivity contribution in [3.63, 3.8) is 0 Å². The van der Waals surface area contributed by atoms with Crippen molar-refractivity contribution in [2.75, 3.05) is 14.2 Å². The zero-order valence-corrected chi connectivity index (χ0v) is 17.8. The minimum absolute atomic E-state index is 0.00143. The van der Waals surface area contributed by atoms with Crippen LogP contribution in [0.25, 0.3) is 0 Å². The van der Waals surface area contributed by atoms with Gasteiger partial charge in [0.05, 0.1) is 19.8 Å². The SMILES string of the molecule is COC(=O)C1=C(C)NC2=C(C(=O)C[C@@H](c3ccc(OC)cc3)C2)[C@@H]1c1ccc(O)cc1. The van der Waals surface area contributed by atoms with E-state index in [1.54, 1.807) is 31.4 Å². The smallest absolute Gasteiger partial charge is 0.336 e. The van der Waals surface area contributed by atoms with Gasteiger partial charge in [-0.05, 0) is 54.7 Å². The molecule has 6 heteroatoms. The summed E-state index contributed by atoms with van der Waals surface area (Å²) in [5.41, 5.74) is 4.36. The number of ether oxygens (including phenoxy) is 2. The van der Waals surface area contributed by atoms with Crippen molar-refractivity contribution >= 4 is 11.8 Å². The number of hydrogen-bond acceptors (Lipinski definition) is 6. The maximum atomic E-state index is 13.4. The van der Waals surface area contributed by atoms with E-state index in [2.05, 4.69) is 5.32 Å². The average molecular weight is 419 g/mol. The van der Waals surface area contributed by atoms with E-state index in [1.165, 1.54) is 7.11 Å². The van der Waals surface area contributed by atoms with Gasteiger partial charge in [-0.3, -0.25) is 4.79 Å². The van der Waals surface area contributed by atoms with E-state index in [9.17, 15) is 14.7 Å². The summed E-state index contributed by atoms with van der Waals surface area (Å²) in [5.74, 6) is -0.0651. The molecule has 0 aromatic heterocycles. The topological polar surface area (TPSA) is 84.9 Å². The molecule has 6 nitrogen and oxygen atoms in total. The third-order valence-corrected chi connectivity index (χ3v) is 6.05. The van der Waals surface area contributed by atoms with Gasteiger partial charge in [-0.25, -0.2) is 4.79 Å². The van der Waals surface area contributed by atoms with Crippen molar-refractivity contribution in [1.29, 1.82) is 0 Å². The number of nitrogens with one attached hydrogen (secondary N) is 1. The highest BCUT2D eigenvalue weighted by atomic mass is 16.5. The van der Waals surface area contributed by atoms with Crippen LogP contribution >= 0.6 is 0 Å². The van der Waals surface area contributed by atoms with Crippen molar-refractivity contribution in [3.05, 3.63) is 82.2 Å². The average Bonchev–Trinajstić information content (AvgIpc) is 2.78. The first kappa shape index (κ1) is 20.7. The van der Waals surface area contributed by atoms with Crippen LogP contribution in [0, 0.1) is 0 Å². The molecule has 2 aromatic carbocycles. The van der Waals surface area contributed by atoms with Crippen LogP contribution in [0.15, 0.2) is 71.1 Å². The second-order valence-corrected chi connectivity index (χ2v) is 7.87. The summed E-state index contributed by atoms with van der Waals surface area (Å²) < 4.78 is 10.3. The number of phenols is 1. The highest BCUT2D eigenvalue weighted by Gasteiger charge is 2.41. The van der Waals surface area contributed by atoms with Gasteiger partial charge in [0, 0.05) is 29.3 Å². The molecule has 1 heterocycles. The van der Waals surface area contributed by atoms with Crippen molar-refractivity contribution in [2.45, 2.75) is 31.6 Å². The second-order valence-electron chi connectivity index (χ2n) is 7.87. The second kappa shape index (κ2) is 8.30. The molecule has 1 aliphatic carbocycles. The van der Waals surface area contributed by atoms with Crippen LogP contribution in [0.4, 0.5) is 0 Å². The Hall–Kier alpha value is -3.54. The van der Waals surface area contributed by atoms with Gasteiger partial charge in [-0.15, -0.1) is 0 Å². The zero-order valence-electron chi connectivity index (χ0n) is 17.8. The molecule has 2 aliphatic rings. The van der Waals surface area contributed by atoms with Crippen LogP contribution in [0.1, 0.15) is 42.7 Å². The van der Waals surface area contributed by atoms with Crippen LogP contribution in [0.2, 0.25) is 0 Å². The number of dihydropyridines is 1. The third kappa shape index (κ3) is 3.81. The molecule has 0 saturated carbocycles. The Morgan fingerprint density at radius 3 is 2.26 bits per heavy atom. The number of aromatic hydroxyl groups is 1. The van der Waals surface area contributed by atoms with Crippen LogP contribution < -0.4 is 10.1 Å². The summed E-state index contributed by atoms with van der Waals surface area (Å²) in [7, 11) is 2.96. The number of benzene rings is 2. The standard InChI is InChI=1S/C25H25NO5/c1-14-22(25(29)31-3)23(16-4-8-18(27)9-5-16)24-20(26-14)12-17(13-21(24)28)15-6-10-19(30-2)11-7-15/h4-11,17,23,26-27H,12-13H2,1-3H3/t17-,23+/m0/s1. The van der Waals surface area contributed by atoms with Crippen LogP contribution in [-0.4, -0.2) is 31.1 Å². The maximum Gasteiger partial charge on any atom is 0.336 e. The van der Waals surface area contributed by atoms with E-state index in [4.69, 9.17) is 9.47 Å². The van der Waals surface area contributed by atoms with E-state index >= 15 is 0 Å². The lowest BCUT2D eigenvalue weighted by molar-refractivity contribution is -0.136. The van der Waals surface area contributed by atoms with Crippen molar-refractivity contribution in [2.24, 2.45) is 0 Å². The van der Waals surface area contributed by atoms with Gasteiger partial charge in [0.2, 0.25) is 0 Å². The predicted molar refractivity (Wildman–Crippen MR) is 116 cm³/mol. The number of ketones is 1. The van der Waals surface area contributed by atoms with E-state index in [0.717, 1.165) is 22.6 Å². The quantitative estimate of drug-likeness (QED) is 0.731. The summed E-state index contributed by atoms with van der Waals surface area (Å²) in [4.78, 5) is 26.0. The molecular weight excluding hydrogens is 394 g/mol. The molecule has 0 amide bonds. The molecule has 0 spiro atoms. The number of allylic oxidation sites excluding steroid dienone is 3. The highest BCUT2D eigenvalue weighted by Crippen LogP contribution is 2.45. The number of carbonyl (C=O) groups is 2. The van der Waals surface area contributed by atoms with E-state index in [-0.39, 0.29) is 17.5 Å². The van der Waals surface area contributed by atoms with E-state index in [1.807, 2.05) is 31.2 Å². The van der Waals surface area contributed by atoms with Crippen LogP contribution in [0.3, 0.4) is 0 Å². The Balaban J connectivity index is 1.76. The molecule has 31 heavy (non-hydrogen) atoms. The van der Waals surface area contributed by atoms with Crippen molar-refractivity contribution in [1.82, 2.24) is 5.32 Å². The first-order valence-electron chi connectivity index (χ1n) is 10.2. The van der Waals surface area contributed by atoms with Gasteiger partial charge >= 0.3 is 5.97 Å². The number of methoxy groups -OCH3 is 2. The number of carbonyl (C=O) groups excluding carboxylic acids is 2. The number of Topliss-reactive ketones (excluding diaryl/α,β-unsaturated/α-hetero) is 1. The van der Waals surface area contributed by atoms with E-state index in [0.29, 0.717) is 29.7 Å². The largest absolute Gasteiger partial charge is 0.508 e. The van der Waals surface area contributed by atoms with Crippen molar-refractivity contribution < 1.29 is 24.2 Å². The lowest BCUT2D eigenvalue weighted by Gasteiger charge is -2.36. The number of esters is 1. The van der Waals surface area contributed by atoms with Gasteiger partial charge in [0.1, 0.15) is 11.5 Å². The Morgan fingerprint density at radius 1 is 1.00 bits per heavy atom. The predicted octanol–water partition coefficient (Wildman–Crippen LogP) is 3.94. The molecule has 4 rings (SSSR count). The fourth-order valence-corrected chi connectivity index (χ4v) is 4.53. The zero-order chi connectivity index (χ0) is 22.1. The molecule has 0 bridgehead atoms. The van der Waals surface area contributed by atoms with Gasteiger partial charge in [0.15, 0.2) is 5.78 Å². The molecule has 1 aliphatic heterocycles. The van der Waals surface area contributed by atoms with Crippen molar-refractivity contribution in [3.8, 4) is 11.5 Å². The van der Waals surface area contributed by atoms with Gasteiger partial charge in [-0.2, -0.15) is 0 Å². The maximum absolute atomic E-state index is 13.4. The molecule has 0 radical (unpaired) electrons. The molecule has 160 valence electrons. The number of phenolic OH excluding ortho intramolecular Hbond substituents is 1. The highest BCUT2D eigenvalue weighted by molar-refractivity contribution is 6.04. The summed E-state index contributed by atoms with van der Waals surface area (Å²) in [6.07, 6.45) is 1.02. The Bertz CT molecular complexity index is 1080. The number of rotatable bonds is 4. The molecule has 0 saturated heterocycles. The minimum atomic E-state index is -0.534. The van der Waals surface area contributed by atoms with Gasteiger partial charge in [-0.1, -0.05) is 24.3 Å². The Labute approximate surface area is 181 Å². The van der Waals surface area contributed by atoms with Gasteiger partial charge in [0.25, 0.3) is 0 Å². The lowest BCUT2D eigenvalue weighted by Crippen LogP contribution is -2.36. The molecule has 0 fully saturated rings. The minimum Gasteiger partial charge on any atom is -0.508 e. The normalized spacial score (nSPS) is 20.8. The summed E-state index contributed by atoms with van der Waals surface area (Å²) >= 11 is 0. The first-order valence-corrected chi connectivity index (χ1v) is 10.2.